The van der Waals surface area contributed by atoms with Crippen LogP contribution in [0.4, 0.5) is 0 Å². The van der Waals surface area contributed by atoms with Crippen molar-refractivity contribution in [1.29, 1.82) is 0 Å². The van der Waals surface area contributed by atoms with E-state index in [9.17, 15) is 0 Å². The highest BCUT2D eigenvalue weighted by Crippen LogP contribution is 2.24. The van der Waals surface area contributed by atoms with Gasteiger partial charge >= 0.3 is 0 Å². The molecule has 0 aromatic rings. The van der Waals surface area contributed by atoms with Gasteiger partial charge in [-0.2, -0.15) is 0 Å². The Hall–Kier alpha value is -0.0800. The lowest BCUT2D eigenvalue weighted by molar-refractivity contribution is 0.0666. The fraction of sp³-hybridized carbons (Fsp3) is 1.00. The van der Waals surface area contributed by atoms with Crippen LogP contribution in [0.25, 0.3) is 0 Å². The highest BCUT2D eigenvalue weighted by atomic mass is 16.5. The summed E-state index contributed by atoms with van der Waals surface area (Å²) in [5.74, 6) is 1.33. The number of hydrogen-bond donors (Lipinski definition) is 1. The molecule has 0 aliphatic carbocycles. The highest BCUT2D eigenvalue weighted by molar-refractivity contribution is 4.82. The molecule has 0 radical (unpaired) electrons. The van der Waals surface area contributed by atoms with Gasteiger partial charge in [0.2, 0.25) is 0 Å². The third kappa shape index (κ3) is 2.46. The van der Waals surface area contributed by atoms with Gasteiger partial charge in [0.1, 0.15) is 0 Å². The standard InChI is InChI=1S/C10H21NO/c1-7(2)6-9(11)10-8(3)4-5-12-10/h7-10H,4-6,11H2,1-3H3. The molecule has 2 heteroatoms. The van der Waals surface area contributed by atoms with E-state index in [2.05, 4.69) is 20.8 Å². The van der Waals surface area contributed by atoms with Crippen LogP contribution in [0.3, 0.4) is 0 Å². The smallest absolute Gasteiger partial charge is 0.0752 e. The maximum absolute atomic E-state index is 6.05. The first kappa shape index (κ1) is 10.0. The lowest BCUT2D eigenvalue weighted by Gasteiger charge is -2.23. The van der Waals surface area contributed by atoms with E-state index in [1.54, 1.807) is 0 Å². The molecule has 72 valence electrons. The van der Waals surface area contributed by atoms with Crippen molar-refractivity contribution in [2.75, 3.05) is 6.61 Å². The van der Waals surface area contributed by atoms with Gasteiger partial charge in [-0.25, -0.2) is 0 Å². The zero-order valence-electron chi connectivity index (χ0n) is 8.42. The first-order valence-electron chi connectivity index (χ1n) is 4.98. The second-order valence-electron chi connectivity index (χ2n) is 4.39. The van der Waals surface area contributed by atoms with Gasteiger partial charge in [-0.3, -0.25) is 0 Å². The maximum Gasteiger partial charge on any atom is 0.0752 e. The van der Waals surface area contributed by atoms with Crippen molar-refractivity contribution < 1.29 is 4.74 Å². The molecule has 3 atom stereocenters. The molecule has 1 aliphatic heterocycles. The van der Waals surface area contributed by atoms with Crippen LogP contribution in [0.15, 0.2) is 0 Å². The third-order valence-corrected chi connectivity index (χ3v) is 2.61. The second-order valence-corrected chi connectivity index (χ2v) is 4.39. The zero-order valence-corrected chi connectivity index (χ0v) is 8.42. The second kappa shape index (κ2) is 4.24. The van der Waals surface area contributed by atoms with Crippen LogP contribution in [0, 0.1) is 11.8 Å². The van der Waals surface area contributed by atoms with Crippen LogP contribution in [-0.2, 0) is 4.74 Å². The fourth-order valence-corrected chi connectivity index (χ4v) is 1.94. The minimum absolute atomic E-state index is 0.238. The van der Waals surface area contributed by atoms with Crippen LogP contribution in [-0.4, -0.2) is 18.8 Å². The summed E-state index contributed by atoms with van der Waals surface area (Å²) in [5.41, 5.74) is 6.05. The molecular weight excluding hydrogens is 150 g/mol. The molecule has 2 nitrogen and oxygen atoms in total. The van der Waals surface area contributed by atoms with Gasteiger partial charge in [0.25, 0.3) is 0 Å². The van der Waals surface area contributed by atoms with Crippen LogP contribution in [0.1, 0.15) is 33.6 Å². The molecule has 1 saturated heterocycles. The summed E-state index contributed by atoms with van der Waals surface area (Å²) in [5, 5.41) is 0. The van der Waals surface area contributed by atoms with Gasteiger partial charge in [0, 0.05) is 12.6 Å². The summed E-state index contributed by atoms with van der Waals surface area (Å²) < 4.78 is 5.60. The predicted molar refractivity (Wildman–Crippen MR) is 51.0 cm³/mol. The van der Waals surface area contributed by atoms with Crippen LogP contribution >= 0.6 is 0 Å². The molecule has 1 aliphatic rings. The molecular formula is C10H21NO. The van der Waals surface area contributed by atoms with Crippen LogP contribution in [0.2, 0.25) is 0 Å². The molecule has 1 heterocycles. The average Bonchev–Trinajstić information content (AvgIpc) is 2.33. The minimum Gasteiger partial charge on any atom is -0.376 e. The van der Waals surface area contributed by atoms with Gasteiger partial charge < -0.3 is 10.5 Å². The van der Waals surface area contributed by atoms with Gasteiger partial charge in [0.15, 0.2) is 0 Å². The molecule has 3 unspecified atom stereocenters. The van der Waals surface area contributed by atoms with E-state index in [0.29, 0.717) is 17.9 Å². The number of hydrogen-bond acceptors (Lipinski definition) is 2. The molecule has 0 spiro atoms. The summed E-state index contributed by atoms with van der Waals surface area (Å²) in [7, 11) is 0. The molecule has 0 aromatic heterocycles. The largest absolute Gasteiger partial charge is 0.376 e. The Bertz CT molecular complexity index is 136. The van der Waals surface area contributed by atoms with Crippen molar-refractivity contribution in [3.05, 3.63) is 0 Å². The van der Waals surface area contributed by atoms with E-state index < -0.39 is 0 Å². The van der Waals surface area contributed by atoms with Gasteiger partial charge in [0.05, 0.1) is 6.10 Å². The lowest BCUT2D eigenvalue weighted by Crippen LogP contribution is -2.38. The Balaban J connectivity index is 2.35. The first-order valence-corrected chi connectivity index (χ1v) is 4.98. The Morgan fingerprint density at radius 2 is 2.17 bits per heavy atom. The lowest BCUT2D eigenvalue weighted by atomic mass is 9.92. The predicted octanol–water partition coefficient (Wildman–Crippen LogP) is 1.78. The monoisotopic (exact) mass is 171 g/mol. The first-order chi connectivity index (χ1) is 5.61. The molecule has 0 amide bonds. The highest BCUT2D eigenvalue weighted by Gasteiger charge is 2.29. The summed E-state index contributed by atoms with van der Waals surface area (Å²) >= 11 is 0. The Morgan fingerprint density at radius 1 is 1.50 bits per heavy atom. The van der Waals surface area contributed by atoms with Crippen molar-refractivity contribution in [3.63, 3.8) is 0 Å². The molecule has 1 fully saturated rings. The quantitative estimate of drug-likeness (QED) is 0.702. The average molecular weight is 171 g/mol. The van der Waals surface area contributed by atoms with Crippen molar-refractivity contribution in [2.45, 2.75) is 45.8 Å². The molecule has 0 bridgehead atoms. The molecule has 0 saturated carbocycles. The third-order valence-electron chi connectivity index (χ3n) is 2.61. The van der Waals surface area contributed by atoms with E-state index in [-0.39, 0.29) is 6.04 Å². The van der Waals surface area contributed by atoms with Crippen molar-refractivity contribution in [1.82, 2.24) is 0 Å². The van der Waals surface area contributed by atoms with E-state index in [1.165, 1.54) is 6.42 Å². The minimum atomic E-state index is 0.238. The summed E-state index contributed by atoms with van der Waals surface area (Å²) in [6.07, 6.45) is 2.57. The zero-order chi connectivity index (χ0) is 9.14. The molecule has 1 rings (SSSR count). The SMILES string of the molecule is CC(C)CC(N)C1OCCC1C. The molecule has 2 N–H and O–H groups in total. The number of nitrogens with two attached hydrogens (primary N) is 1. The maximum atomic E-state index is 6.05. The summed E-state index contributed by atoms with van der Waals surface area (Å²) in [6.45, 7) is 7.55. The van der Waals surface area contributed by atoms with E-state index in [0.717, 1.165) is 13.0 Å². The molecule has 0 aromatic carbocycles. The van der Waals surface area contributed by atoms with Crippen LogP contribution in [0.5, 0.6) is 0 Å². The van der Waals surface area contributed by atoms with Crippen molar-refractivity contribution in [3.8, 4) is 0 Å². The fourth-order valence-electron chi connectivity index (χ4n) is 1.94. The van der Waals surface area contributed by atoms with E-state index in [4.69, 9.17) is 10.5 Å². The van der Waals surface area contributed by atoms with Gasteiger partial charge in [-0.15, -0.1) is 0 Å². The Kier molecular flexibility index (Phi) is 3.53. The normalized spacial score (nSPS) is 32.8. The van der Waals surface area contributed by atoms with E-state index >= 15 is 0 Å². The topological polar surface area (TPSA) is 35.2 Å². The van der Waals surface area contributed by atoms with Gasteiger partial charge in [-0.1, -0.05) is 20.8 Å². The van der Waals surface area contributed by atoms with Crippen molar-refractivity contribution >= 4 is 0 Å². The Labute approximate surface area is 75.5 Å². The van der Waals surface area contributed by atoms with Gasteiger partial charge in [-0.05, 0) is 24.7 Å². The molecule has 12 heavy (non-hydrogen) atoms. The number of rotatable bonds is 3. The Morgan fingerprint density at radius 3 is 2.58 bits per heavy atom. The summed E-state index contributed by atoms with van der Waals surface area (Å²) in [6, 6.07) is 0.238. The van der Waals surface area contributed by atoms with Crippen LogP contribution < -0.4 is 5.73 Å². The van der Waals surface area contributed by atoms with E-state index in [1.807, 2.05) is 0 Å². The summed E-state index contributed by atoms with van der Waals surface area (Å²) in [4.78, 5) is 0. The number of ether oxygens (including phenoxy) is 1. The van der Waals surface area contributed by atoms with Crippen molar-refractivity contribution in [2.24, 2.45) is 17.6 Å².